The Morgan fingerprint density at radius 3 is 2.67 bits per heavy atom. The average Bonchev–Trinajstić information content (AvgIpc) is 2.36. The Bertz CT molecular complexity index is 575. The van der Waals surface area contributed by atoms with E-state index in [9.17, 15) is 13.9 Å². The molecule has 0 saturated carbocycles. The first-order chi connectivity index (χ1) is 8.61. The molecular formula is C13H9ClF2OS. The minimum Gasteiger partial charge on any atom is -0.392 e. The van der Waals surface area contributed by atoms with E-state index in [1.165, 1.54) is 0 Å². The van der Waals surface area contributed by atoms with Crippen LogP contribution in [0.3, 0.4) is 0 Å². The summed E-state index contributed by atoms with van der Waals surface area (Å²) in [6.07, 6.45) is 0. The summed E-state index contributed by atoms with van der Waals surface area (Å²) < 4.78 is 26.6. The van der Waals surface area contributed by atoms with Gasteiger partial charge in [0, 0.05) is 4.90 Å². The third-order valence-electron chi connectivity index (χ3n) is 2.32. The van der Waals surface area contributed by atoms with Gasteiger partial charge in [0.1, 0.15) is 11.6 Å². The Morgan fingerprint density at radius 2 is 1.94 bits per heavy atom. The van der Waals surface area contributed by atoms with E-state index in [2.05, 4.69) is 0 Å². The van der Waals surface area contributed by atoms with E-state index in [0.717, 1.165) is 30.0 Å². The Labute approximate surface area is 112 Å². The number of halogens is 3. The lowest BCUT2D eigenvalue weighted by molar-refractivity contribution is 0.279. The largest absolute Gasteiger partial charge is 0.392 e. The molecule has 0 bridgehead atoms. The van der Waals surface area contributed by atoms with E-state index in [1.807, 2.05) is 0 Å². The number of aliphatic hydroxyl groups excluding tert-OH is 1. The maximum atomic E-state index is 13.5. The number of hydrogen-bond donors (Lipinski definition) is 1. The highest BCUT2D eigenvalue weighted by Crippen LogP contribution is 2.37. The zero-order chi connectivity index (χ0) is 13.1. The third-order valence-corrected chi connectivity index (χ3v) is 3.97. The summed E-state index contributed by atoms with van der Waals surface area (Å²) in [6, 6.07) is 8.24. The molecule has 0 unspecified atom stereocenters. The van der Waals surface area contributed by atoms with Gasteiger partial charge in [0.15, 0.2) is 0 Å². The molecule has 18 heavy (non-hydrogen) atoms. The lowest BCUT2D eigenvalue weighted by Gasteiger charge is -2.09. The molecule has 0 aliphatic rings. The van der Waals surface area contributed by atoms with Crippen molar-refractivity contribution in [2.75, 3.05) is 0 Å². The molecule has 1 nitrogen and oxygen atoms in total. The van der Waals surface area contributed by atoms with Crippen LogP contribution >= 0.6 is 23.4 Å². The molecule has 2 aromatic rings. The van der Waals surface area contributed by atoms with Crippen molar-refractivity contribution in [3.8, 4) is 0 Å². The predicted octanol–water partition coefficient (Wildman–Crippen LogP) is 4.26. The van der Waals surface area contributed by atoms with Crippen LogP contribution in [0.1, 0.15) is 5.56 Å². The van der Waals surface area contributed by atoms with Crippen LogP contribution < -0.4 is 0 Å². The summed E-state index contributed by atoms with van der Waals surface area (Å²) in [5.74, 6) is -1.04. The van der Waals surface area contributed by atoms with Gasteiger partial charge in [0.25, 0.3) is 0 Å². The fourth-order valence-corrected chi connectivity index (χ4v) is 2.75. The van der Waals surface area contributed by atoms with Crippen molar-refractivity contribution < 1.29 is 13.9 Å². The van der Waals surface area contributed by atoms with Gasteiger partial charge in [-0.25, -0.2) is 8.78 Å². The summed E-state index contributed by atoms with van der Waals surface area (Å²) in [5, 5.41) is 9.60. The molecule has 0 aliphatic carbocycles. The van der Waals surface area contributed by atoms with Crippen LogP contribution in [0.15, 0.2) is 46.2 Å². The van der Waals surface area contributed by atoms with Gasteiger partial charge in [-0.2, -0.15) is 0 Å². The van der Waals surface area contributed by atoms with Gasteiger partial charge >= 0.3 is 0 Å². The molecule has 0 atom stereocenters. The molecule has 0 aliphatic heterocycles. The number of rotatable bonds is 3. The first-order valence-electron chi connectivity index (χ1n) is 5.13. The molecule has 5 heteroatoms. The fourth-order valence-electron chi connectivity index (χ4n) is 1.46. The summed E-state index contributed by atoms with van der Waals surface area (Å²) in [5.41, 5.74) is 0.580. The second-order valence-electron chi connectivity index (χ2n) is 3.56. The molecular weight excluding hydrogens is 278 g/mol. The minimum absolute atomic E-state index is 0.137. The predicted molar refractivity (Wildman–Crippen MR) is 67.9 cm³/mol. The van der Waals surface area contributed by atoms with Crippen LogP contribution in [0, 0.1) is 11.6 Å². The van der Waals surface area contributed by atoms with E-state index in [-0.39, 0.29) is 11.5 Å². The zero-order valence-corrected chi connectivity index (χ0v) is 10.7. The summed E-state index contributed by atoms with van der Waals surface area (Å²) in [6.45, 7) is -0.209. The van der Waals surface area contributed by atoms with Gasteiger partial charge in [0.05, 0.1) is 16.5 Å². The van der Waals surface area contributed by atoms with E-state index < -0.39 is 11.6 Å². The molecule has 0 saturated heterocycles. The number of aliphatic hydroxyl groups is 1. The standard InChI is InChI=1S/C13H9ClF2OS/c14-10-3-1-2-8(7-17)13(10)18-12-6-9(15)4-5-11(12)16/h1-6,17H,7H2. The van der Waals surface area contributed by atoms with Gasteiger partial charge in [-0.05, 0) is 29.8 Å². The van der Waals surface area contributed by atoms with Crippen molar-refractivity contribution in [1.29, 1.82) is 0 Å². The fraction of sp³-hybridized carbons (Fsp3) is 0.0769. The van der Waals surface area contributed by atoms with Crippen LogP contribution in [0.2, 0.25) is 5.02 Å². The van der Waals surface area contributed by atoms with Crippen molar-refractivity contribution in [1.82, 2.24) is 0 Å². The SMILES string of the molecule is OCc1cccc(Cl)c1Sc1cc(F)ccc1F. The quantitative estimate of drug-likeness (QED) is 0.910. The van der Waals surface area contributed by atoms with Crippen molar-refractivity contribution in [2.45, 2.75) is 16.4 Å². The lowest BCUT2D eigenvalue weighted by atomic mass is 10.2. The Kier molecular flexibility index (Phi) is 4.22. The first-order valence-corrected chi connectivity index (χ1v) is 6.32. The molecule has 1 N–H and O–H groups in total. The van der Waals surface area contributed by atoms with Crippen LogP contribution in [0.4, 0.5) is 8.78 Å². The van der Waals surface area contributed by atoms with E-state index in [1.54, 1.807) is 18.2 Å². The van der Waals surface area contributed by atoms with Crippen molar-refractivity contribution >= 4 is 23.4 Å². The van der Waals surface area contributed by atoms with E-state index in [4.69, 9.17) is 11.6 Å². The molecule has 2 rings (SSSR count). The second kappa shape index (κ2) is 5.69. The topological polar surface area (TPSA) is 20.2 Å². The molecule has 0 radical (unpaired) electrons. The van der Waals surface area contributed by atoms with Crippen LogP contribution in [-0.2, 0) is 6.61 Å². The smallest absolute Gasteiger partial charge is 0.137 e. The normalized spacial score (nSPS) is 10.7. The Balaban J connectivity index is 2.42. The van der Waals surface area contributed by atoms with E-state index in [0.29, 0.717) is 15.5 Å². The highest BCUT2D eigenvalue weighted by Gasteiger charge is 2.12. The van der Waals surface area contributed by atoms with Gasteiger partial charge in [-0.3, -0.25) is 0 Å². The summed E-state index contributed by atoms with van der Waals surface area (Å²) in [4.78, 5) is 0.670. The highest BCUT2D eigenvalue weighted by molar-refractivity contribution is 7.99. The van der Waals surface area contributed by atoms with Crippen LogP contribution in [0.25, 0.3) is 0 Å². The van der Waals surface area contributed by atoms with Gasteiger partial charge in [-0.1, -0.05) is 35.5 Å². The van der Waals surface area contributed by atoms with E-state index >= 15 is 0 Å². The third kappa shape index (κ3) is 2.83. The molecule has 0 aromatic heterocycles. The second-order valence-corrected chi connectivity index (χ2v) is 5.02. The van der Waals surface area contributed by atoms with Crippen molar-refractivity contribution in [2.24, 2.45) is 0 Å². The van der Waals surface area contributed by atoms with Gasteiger partial charge in [0.2, 0.25) is 0 Å². The lowest BCUT2D eigenvalue weighted by Crippen LogP contribution is -1.90. The summed E-state index contributed by atoms with van der Waals surface area (Å²) in [7, 11) is 0. The van der Waals surface area contributed by atoms with Crippen LogP contribution in [-0.4, -0.2) is 5.11 Å². The van der Waals surface area contributed by atoms with Crippen molar-refractivity contribution in [3.63, 3.8) is 0 Å². The molecule has 0 spiro atoms. The molecule has 0 amide bonds. The highest BCUT2D eigenvalue weighted by atomic mass is 35.5. The minimum atomic E-state index is -0.523. The first kappa shape index (κ1) is 13.3. The average molecular weight is 287 g/mol. The summed E-state index contributed by atoms with van der Waals surface area (Å²) >= 11 is 7.00. The number of hydrogen-bond acceptors (Lipinski definition) is 2. The molecule has 0 fully saturated rings. The maximum Gasteiger partial charge on any atom is 0.137 e. The molecule has 0 heterocycles. The molecule has 2 aromatic carbocycles. The maximum absolute atomic E-state index is 13.5. The molecule has 94 valence electrons. The Hall–Kier alpha value is -1.10. The van der Waals surface area contributed by atoms with Gasteiger partial charge in [-0.15, -0.1) is 0 Å². The van der Waals surface area contributed by atoms with Gasteiger partial charge < -0.3 is 5.11 Å². The number of benzene rings is 2. The van der Waals surface area contributed by atoms with Crippen LogP contribution in [0.5, 0.6) is 0 Å². The van der Waals surface area contributed by atoms with Crippen molar-refractivity contribution in [3.05, 3.63) is 58.6 Å². The zero-order valence-electron chi connectivity index (χ0n) is 9.16. The monoisotopic (exact) mass is 286 g/mol. The Morgan fingerprint density at radius 1 is 1.17 bits per heavy atom.